The van der Waals surface area contributed by atoms with E-state index in [-0.39, 0.29) is 16.6 Å². The number of H-pyrrole nitrogens is 1. The van der Waals surface area contributed by atoms with Crippen LogP contribution in [0.2, 0.25) is 5.28 Å². The molecule has 1 saturated carbocycles. The molecule has 3 heterocycles. The van der Waals surface area contributed by atoms with Gasteiger partial charge in [0.25, 0.3) is 0 Å². The van der Waals surface area contributed by atoms with Crippen molar-refractivity contribution in [1.82, 2.24) is 24.8 Å². The first kappa shape index (κ1) is 17.5. The molecule has 0 unspecified atom stereocenters. The first-order chi connectivity index (χ1) is 12.2. The van der Waals surface area contributed by atoms with Crippen LogP contribution in [0.15, 0.2) is 6.33 Å². The van der Waals surface area contributed by atoms with E-state index in [0.29, 0.717) is 41.4 Å². The van der Waals surface area contributed by atoms with Crippen LogP contribution in [-0.2, 0) is 4.79 Å². The second-order valence-electron chi connectivity index (χ2n) is 8.85. The SMILES string of the molecule is CC1(C)C[C@@H]2C[C@@](C)(CN2C(=O)CCNc2nc(Cl)nc3nc[nH]c23)C1. The number of hydrogen-bond acceptors (Lipinski definition) is 5. The maximum Gasteiger partial charge on any atom is 0.226 e. The Morgan fingerprint density at radius 1 is 1.38 bits per heavy atom. The third-order valence-electron chi connectivity index (χ3n) is 5.62. The molecular weight excluding hydrogens is 352 g/mol. The summed E-state index contributed by atoms with van der Waals surface area (Å²) in [5.41, 5.74) is 1.79. The smallest absolute Gasteiger partial charge is 0.226 e. The number of halogens is 1. The number of imidazole rings is 1. The van der Waals surface area contributed by atoms with Crippen molar-refractivity contribution in [3.63, 3.8) is 0 Å². The summed E-state index contributed by atoms with van der Waals surface area (Å²) in [7, 11) is 0. The maximum absolute atomic E-state index is 12.8. The Bertz CT molecular complexity index is 849. The highest BCUT2D eigenvalue weighted by atomic mass is 35.5. The molecule has 0 radical (unpaired) electrons. The average molecular weight is 377 g/mol. The molecule has 26 heavy (non-hydrogen) atoms. The van der Waals surface area contributed by atoms with Crippen molar-refractivity contribution in [1.29, 1.82) is 0 Å². The van der Waals surface area contributed by atoms with E-state index in [9.17, 15) is 4.79 Å². The van der Waals surface area contributed by atoms with Crippen LogP contribution in [-0.4, -0.2) is 49.9 Å². The molecule has 7 nitrogen and oxygen atoms in total. The molecule has 2 atom stereocenters. The van der Waals surface area contributed by atoms with Gasteiger partial charge in [-0.1, -0.05) is 20.8 Å². The van der Waals surface area contributed by atoms with Gasteiger partial charge in [-0.15, -0.1) is 0 Å². The van der Waals surface area contributed by atoms with E-state index in [4.69, 9.17) is 11.6 Å². The van der Waals surface area contributed by atoms with Gasteiger partial charge in [-0.25, -0.2) is 4.98 Å². The van der Waals surface area contributed by atoms with Gasteiger partial charge in [-0.05, 0) is 41.7 Å². The summed E-state index contributed by atoms with van der Waals surface area (Å²) >= 11 is 5.94. The molecule has 2 aromatic heterocycles. The summed E-state index contributed by atoms with van der Waals surface area (Å²) in [5, 5.41) is 3.34. The minimum Gasteiger partial charge on any atom is -0.368 e. The van der Waals surface area contributed by atoms with Gasteiger partial charge in [0.05, 0.1) is 6.33 Å². The fourth-order valence-corrected chi connectivity index (χ4v) is 5.28. The number of rotatable bonds is 4. The first-order valence-corrected chi connectivity index (χ1v) is 9.53. The van der Waals surface area contributed by atoms with E-state index < -0.39 is 0 Å². The zero-order valence-corrected chi connectivity index (χ0v) is 16.2. The topological polar surface area (TPSA) is 86.8 Å². The highest BCUT2D eigenvalue weighted by molar-refractivity contribution is 6.28. The average Bonchev–Trinajstić information content (AvgIpc) is 3.07. The molecular formula is C18H25ClN6O. The van der Waals surface area contributed by atoms with Crippen molar-refractivity contribution >= 4 is 34.5 Å². The molecule has 1 saturated heterocycles. The quantitative estimate of drug-likeness (QED) is 0.800. The molecule has 1 amide bonds. The number of likely N-dealkylation sites (tertiary alicyclic amines) is 1. The van der Waals surface area contributed by atoms with Crippen LogP contribution in [0.25, 0.3) is 11.2 Å². The minimum absolute atomic E-state index is 0.141. The van der Waals surface area contributed by atoms with E-state index in [2.05, 4.69) is 50.9 Å². The lowest BCUT2D eigenvalue weighted by Crippen LogP contribution is -2.38. The number of hydrogen-bond donors (Lipinski definition) is 2. The van der Waals surface area contributed by atoms with E-state index in [1.54, 1.807) is 6.33 Å². The van der Waals surface area contributed by atoms with E-state index >= 15 is 0 Å². The van der Waals surface area contributed by atoms with Crippen LogP contribution in [0.1, 0.15) is 46.5 Å². The molecule has 8 heteroatoms. The lowest BCUT2D eigenvalue weighted by molar-refractivity contribution is -0.132. The van der Waals surface area contributed by atoms with Crippen molar-refractivity contribution < 1.29 is 4.79 Å². The zero-order valence-electron chi connectivity index (χ0n) is 15.5. The monoisotopic (exact) mass is 376 g/mol. The predicted molar refractivity (Wildman–Crippen MR) is 101 cm³/mol. The van der Waals surface area contributed by atoms with Gasteiger partial charge >= 0.3 is 0 Å². The van der Waals surface area contributed by atoms with E-state index in [1.165, 1.54) is 6.42 Å². The van der Waals surface area contributed by atoms with Gasteiger partial charge in [0.1, 0.15) is 5.52 Å². The van der Waals surface area contributed by atoms with Gasteiger partial charge in [0.15, 0.2) is 11.5 Å². The van der Waals surface area contributed by atoms with Crippen LogP contribution in [0.3, 0.4) is 0 Å². The van der Waals surface area contributed by atoms with Gasteiger partial charge < -0.3 is 15.2 Å². The molecule has 0 aromatic carbocycles. The molecule has 2 N–H and O–H groups in total. The van der Waals surface area contributed by atoms with Gasteiger partial charge in [0, 0.05) is 25.6 Å². The largest absolute Gasteiger partial charge is 0.368 e. The van der Waals surface area contributed by atoms with Crippen molar-refractivity contribution in [2.24, 2.45) is 10.8 Å². The Kier molecular flexibility index (Phi) is 4.10. The van der Waals surface area contributed by atoms with Gasteiger partial charge in [0.2, 0.25) is 11.2 Å². The van der Waals surface area contributed by atoms with Crippen LogP contribution in [0.4, 0.5) is 5.82 Å². The van der Waals surface area contributed by atoms with Crippen LogP contribution >= 0.6 is 11.6 Å². The van der Waals surface area contributed by atoms with E-state index in [0.717, 1.165) is 19.4 Å². The molecule has 2 aliphatic rings. The summed E-state index contributed by atoms with van der Waals surface area (Å²) < 4.78 is 0. The Morgan fingerprint density at radius 2 is 2.19 bits per heavy atom. The second kappa shape index (κ2) is 6.08. The maximum atomic E-state index is 12.8. The van der Waals surface area contributed by atoms with Crippen molar-refractivity contribution in [3.8, 4) is 0 Å². The highest BCUT2D eigenvalue weighted by Crippen LogP contribution is 2.52. The minimum atomic E-state index is 0.141. The summed E-state index contributed by atoms with van der Waals surface area (Å²) in [6, 6.07) is 0.379. The third-order valence-corrected chi connectivity index (χ3v) is 5.79. The van der Waals surface area contributed by atoms with Crippen LogP contribution < -0.4 is 5.32 Å². The Hall–Kier alpha value is -1.89. The van der Waals surface area contributed by atoms with Crippen molar-refractivity contribution in [2.75, 3.05) is 18.4 Å². The number of nitrogens with one attached hydrogen (secondary N) is 2. The fraction of sp³-hybridized carbons (Fsp3) is 0.667. The molecule has 1 aliphatic heterocycles. The van der Waals surface area contributed by atoms with E-state index in [1.807, 2.05) is 0 Å². The van der Waals surface area contributed by atoms with Crippen molar-refractivity contribution in [3.05, 3.63) is 11.6 Å². The van der Waals surface area contributed by atoms with Gasteiger partial charge in [-0.3, -0.25) is 4.79 Å². The first-order valence-electron chi connectivity index (χ1n) is 9.15. The lowest BCUT2D eigenvalue weighted by Gasteiger charge is -2.39. The van der Waals surface area contributed by atoms with Gasteiger partial charge in [-0.2, -0.15) is 9.97 Å². The standard InChI is InChI=1S/C18H25ClN6O/c1-17(2)6-11-7-18(3,8-17)9-25(11)12(26)4-5-20-14-13-15(22-10-21-13)24-16(19)23-14/h10-11H,4-9H2,1-3H3,(H2,20,21,22,23,24)/t11-,18-/m1/s1. The molecule has 2 aromatic rings. The highest BCUT2D eigenvalue weighted by Gasteiger charge is 2.50. The number of anilines is 1. The molecule has 2 bridgehead atoms. The summed E-state index contributed by atoms with van der Waals surface area (Å²) in [4.78, 5) is 30.3. The second-order valence-corrected chi connectivity index (χ2v) is 9.19. The number of aromatic nitrogens is 4. The fourth-order valence-electron chi connectivity index (χ4n) is 5.12. The molecule has 2 fully saturated rings. The third kappa shape index (κ3) is 3.24. The number of carbonyl (C=O) groups is 1. The predicted octanol–water partition coefficient (Wildman–Crippen LogP) is 3.24. The summed E-state index contributed by atoms with van der Waals surface area (Å²) in [6.07, 6.45) is 5.41. The number of fused-ring (bicyclic) bond motifs is 3. The van der Waals surface area contributed by atoms with Crippen LogP contribution in [0, 0.1) is 10.8 Å². The molecule has 1 aliphatic carbocycles. The number of amides is 1. The summed E-state index contributed by atoms with van der Waals surface area (Å²) in [5.74, 6) is 0.795. The molecule has 0 spiro atoms. The Balaban J connectivity index is 1.39. The number of aromatic amines is 1. The lowest BCUT2D eigenvalue weighted by atomic mass is 9.65. The normalized spacial score (nSPS) is 27.1. The Morgan fingerprint density at radius 3 is 3.00 bits per heavy atom. The molecule has 140 valence electrons. The molecule has 4 rings (SSSR count). The number of nitrogens with zero attached hydrogens (tertiary/aromatic N) is 4. The zero-order chi connectivity index (χ0) is 18.5. The number of carbonyl (C=O) groups excluding carboxylic acids is 1. The summed E-state index contributed by atoms with van der Waals surface area (Å²) in [6.45, 7) is 8.35. The Labute approximate surface area is 157 Å². The van der Waals surface area contributed by atoms with Crippen molar-refractivity contribution in [2.45, 2.75) is 52.5 Å². The van der Waals surface area contributed by atoms with Crippen LogP contribution in [0.5, 0.6) is 0 Å².